The molecule has 6 nitrogen and oxygen atoms in total. The van der Waals surface area contributed by atoms with Crippen LogP contribution in [-0.2, 0) is 28.6 Å². The van der Waals surface area contributed by atoms with E-state index in [9.17, 15) is 14.4 Å². The summed E-state index contributed by atoms with van der Waals surface area (Å²) in [6.45, 7) is 11.4. The number of ether oxygens (including phenoxy) is 3. The molecule has 0 bridgehead atoms. The van der Waals surface area contributed by atoms with Crippen LogP contribution in [0, 0.1) is 11.8 Å². The van der Waals surface area contributed by atoms with Gasteiger partial charge in [0.1, 0.15) is 13.2 Å². The van der Waals surface area contributed by atoms with Crippen molar-refractivity contribution in [1.82, 2.24) is 0 Å². The Bertz CT molecular complexity index is 978. The van der Waals surface area contributed by atoms with Gasteiger partial charge in [0.25, 0.3) is 0 Å². The molecule has 0 saturated heterocycles. The van der Waals surface area contributed by atoms with Crippen molar-refractivity contribution >= 4 is 17.9 Å². The van der Waals surface area contributed by atoms with E-state index in [0.29, 0.717) is 19.3 Å². The van der Waals surface area contributed by atoms with Crippen molar-refractivity contribution in [1.29, 1.82) is 0 Å². The predicted molar refractivity (Wildman–Crippen MR) is 275 cm³/mol. The van der Waals surface area contributed by atoms with Gasteiger partial charge in [0, 0.05) is 19.3 Å². The second kappa shape index (κ2) is 50.8. The lowest BCUT2D eigenvalue weighted by Gasteiger charge is -2.18. The third kappa shape index (κ3) is 51.4. The summed E-state index contributed by atoms with van der Waals surface area (Å²) in [5.41, 5.74) is 0. The van der Waals surface area contributed by atoms with Gasteiger partial charge in [0.2, 0.25) is 0 Å². The molecule has 0 aliphatic rings. The summed E-state index contributed by atoms with van der Waals surface area (Å²) in [5.74, 6) is 0.814. The van der Waals surface area contributed by atoms with E-state index in [4.69, 9.17) is 14.2 Å². The van der Waals surface area contributed by atoms with Gasteiger partial charge in [-0.3, -0.25) is 14.4 Å². The summed E-state index contributed by atoms with van der Waals surface area (Å²) >= 11 is 0. The van der Waals surface area contributed by atoms with Crippen LogP contribution in [0.3, 0.4) is 0 Å². The second-order valence-corrected chi connectivity index (χ2v) is 20.9. The van der Waals surface area contributed by atoms with Crippen molar-refractivity contribution in [3.63, 3.8) is 0 Å². The molecule has 380 valence electrons. The smallest absolute Gasteiger partial charge is 0.306 e. The lowest BCUT2D eigenvalue weighted by molar-refractivity contribution is -0.167. The number of rotatable bonds is 52. The molecular formula is C58H112O6. The minimum Gasteiger partial charge on any atom is -0.462 e. The normalized spacial score (nSPS) is 12.0. The first-order valence-electron chi connectivity index (χ1n) is 28.7. The summed E-state index contributed by atoms with van der Waals surface area (Å²) in [5, 5.41) is 0. The van der Waals surface area contributed by atoms with Gasteiger partial charge in [0.15, 0.2) is 6.10 Å². The molecule has 0 radical (unpaired) electrons. The molecule has 0 rings (SSSR count). The molecule has 6 heteroatoms. The Morgan fingerprint density at radius 2 is 0.516 bits per heavy atom. The predicted octanol–water partition coefficient (Wildman–Crippen LogP) is 18.9. The fourth-order valence-corrected chi connectivity index (χ4v) is 8.87. The Balaban J connectivity index is 4.26. The molecule has 0 aromatic heterocycles. The lowest BCUT2D eigenvalue weighted by Crippen LogP contribution is -2.30. The zero-order valence-corrected chi connectivity index (χ0v) is 43.9. The van der Waals surface area contributed by atoms with Gasteiger partial charge in [-0.05, 0) is 31.1 Å². The molecule has 0 N–H and O–H groups in total. The van der Waals surface area contributed by atoms with E-state index in [1.807, 2.05) is 0 Å². The summed E-state index contributed by atoms with van der Waals surface area (Å²) in [6.07, 6.45) is 53.8. The van der Waals surface area contributed by atoms with Crippen LogP contribution in [0.15, 0.2) is 0 Å². The minimum atomic E-state index is -0.763. The lowest BCUT2D eigenvalue weighted by atomic mass is 10.0. The van der Waals surface area contributed by atoms with E-state index in [1.54, 1.807) is 0 Å². The van der Waals surface area contributed by atoms with Gasteiger partial charge in [-0.2, -0.15) is 0 Å². The molecule has 0 amide bonds. The molecule has 0 aliphatic carbocycles. The van der Waals surface area contributed by atoms with Crippen molar-refractivity contribution in [2.45, 2.75) is 330 Å². The Labute approximate surface area is 399 Å². The molecule has 0 saturated carbocycles. The number of hydrogen-bond donors (Lipinski definition) is 0. The first kappa shape index (κ1) is 62.4. The van der Waals surface area contributed by atoms with E-state index < -0.39 is 6.10 Å². The SMILES string of the molecule is CCCCCCCCCCCCCCCCCCC(=O)OC[C@H](COC(=O)CCCCCCCCCCCCCCCCCC(C)C)OC(=O)CCCCCCCCCCCC(C)C. The molecule has 0 fully saturated rings. The highest BCUT2D eigenvalue weighted by Gasteiger charge is 2.19. The van der Waals surface area contributed by atoms with Crippen molar-refractivity contribution in [2.24, 2.45) is 11.8 Å². The highest BCUT2D eigenvalue weighted by molar-refractivity contribution is 5.71. The van der Waals surface area contributed by atoms with Crippen LogP contribution < -0.4 is 0 Å². The average Bonchev–Trinajstić information content (AvgIpc) is 3.27. The average molecular weight is 906 g/mol. The second-order valence-electron chi connectivity index (χ2n) is 20.9. The minimum absolute atomic E-state index is 0.0630. The van der Waals surface area contributed by atoms with Gasteiger partial charge >= 0.3 is 17.9 Å². The standard InChI is InChI=1S/C58H112O6/c1-6-7-8-9-10-11-12-13-14-17-20-23-28-33-38-43-48-56(59)62-51-55(64-58(61)50-45-40-35-30-25-27-32-37-42-47-54(4)5)52-63-57(60)49-44-39-34-29-24-21-18-15-16-19-22-26-31-36-41-46-53(2)3/h53-55H,6-52H2,1-5H3/t55-/m1/s1. The van der Waals surface area contributed by atoms with Crippen LogP contribution in [0.4, 0.5) is 0 Å². The van der Waals surface area contributed by atoms with Crippen LogP contribution in [-0.4, -0.2) is 37.2 Å². The quantitative estimate of drug-likeness (QED) is 0.0344. The Hall–Kier alpha value is -1.59. The zero-order valence-electron chi connectivity index (χ0n) is 43.9. The van der Waals surface area contributed by atoms with Crippen molar-refractivity contribution in [3.05, 3.63) is 0 Å². The monoisotopic (exact) mass is 905 g/mol. The van der Waals surface area contributed by atoms with Crippen molar-refractivity contribution in [3.8, 4) is 0 Å². The number of carbonyl (C=O) groups excluding carboxylic acids is 3. The van der Waals surface area contributed by atoms with Gasteiger partial charge in [0.05, 0.1) is 0 Å². The summed E-state index contributed by atoms with van der Waals surface area (Å²) < 4.78 is 16.9. The molecule has 0 spiro atoms. The van der Waals surface area contributed by atoms with Gasteiger partial charge in [-0.25, -0.2) is 0 Å². The Morgan fingerprint density at radius 1 is 0.297 bits per heavy atom. The maximum absolute atomic E-state index is 12.8. The van der Waals surface area contributed by atoms with Crippen molar-refractivity contribution in [2.75, 3.05) is 13.2 Å². The zero-order chi connectivity index (χ0) is 46.8. The van der Waals surface area contributed by atoms with Gasteiger partial charge < -0.3 is 14.2 Å². The maximum atomic E-state index is 12.8. The molecular weight excluding hydrogens is 793 g/mol. The summed E-state index contributed by atoms with van der Waals surface area (Å²) in [7, 11) is 0. The van der Waals surface area contributed by atoms with E-state index in [2.05, 4.69) is 34.6 Å². The van der Waals surface area contributed by atoms with E-state index in [1.165, 1.54) is 212 Å². The highest BCUT2D eigenvalue weighted by atomic mass is 16.6. The third-order valence-corrected chi connectivity index (χ3v) is 13.2. The number of unbranched alkanes of at least 4 members (excludes halogenated alkanes) is 37. The molecule has 64 heavy (non-hydrogen) atoms. The van der Waals surface area contributed by atoms with Crippen LogP contribution >= 0.6 is 0 Å². The van der Waals surface area contributed by atoms with Crippen LogP contribution in [0.1, 0.15) is 324 Å². The summed E-state index contributed by atoms with van der Waals surface area (Å²) in [6, 6.07) is 0. The van der Waals surface area contributed by atoms with Gasteiger partial charge in [-0.15, -0.1) is 0 Å². The van der Waals surface area contributed by atoms with Crippen LogP contribution in [0.2, 0.25) is 0 Å². The van der Waals surface area contributed by atoms with Crippen molar-refractivity contribution < 1.29 is 28.6 Å². The maximum Gasteiger partial charge on any atom is 0.306 e. The number of esters is 3. The molecule has 0 aromatic carbocycles. The molecule has 1 atom stereocenters. The highest BCUT2D eigenvalue weighted by Crippen LogP contribution is 2.18. The molecule has 0 heterocycles. The molecule has 0 unspecified atom stereocenters. The molecule has 0 aromatic rings. The third-order valence-electron chi connectivity index (χ3n) is 13.2. The first-order valence-corrected chi connectivity index (χ1v) is 28.7. The fraction of sp³-hybridized carbons (Fsp3) is 0.948. The van der Waals surface area contributed by atoms with Crippen LogP contribution in [0.5, 0.6) is 0 Å². The van der Waals surface area contributed by atoms with E-state index in [0.717, 1.165) is 69.6 Å². The van der Waals surface area contributed by atoms with E-state index >= 15 is 0 Å². The fourth-order valence-electron chi connectivity index (χ4n) is 8.87. The van der Waals surface area contributed by atoms with Gasteiger partial charge in [-0.1, -0.05) is 285 Å². The number of carbonyl (C=O) groups is 3. The largest absolute Gasteiger partial charge is 0.462 e. The Morgan fingerprint density at radius 3 is 0.766 bits per heavy atom. The first-order chi connectivity index (χ1) is 31.2. The van der Waals surface area contributed by atoms with E-state index in [-0.39, 0.29) is 31.1 Å². The van der Waals surface area contributed by atoms with Crippen LogP contribution in [0.25, 0.3) is 0 Å². The summed E-state index contributed by atoms with van der Waals surface area (Å²) in [4.78, 5) is 38.1. The number of hydrogen-bond acceptors (Lipinski definition) is 6. The molecule has 0 aliphatic heterocycles. The topological polar surface area (TPSA) is 78.9 Å². The Kier molecular flexibility index (Phi) is 49.6.